The molecule has 0 aromatic carbocycles. The van der Waals surface area contributed by atoms with Crippen LogP contribution in [0.5, 0.6) is 0 Å². The van der Waals surface area contributed by atoms with E-state index in [9.17, 15) is 0 Å². The number of likely N-dealkylation sites (N-methyl/N-ethyl adjacent to an activating group) is 1. The van der Waals surface area contributed by atoms with Crippen molar-refractivity contribution >= 4 is 5.96 Å². The fraction of sp³-hybridized carbons (Fsp3) is 0.933. The summed E-state index contributed by atoms with van der Waals surface area (Å²) in [6.45, 7) is 9.14. The summed E-state index contributed by atoms with van der Waals surface area (Å²) in [5, 5.41) is 6.98. The Morgan fingerprint density at radius 1 is 1.20 bits per heavy atom. The molecule has 0 amide bonds. The Hall–Kier alpha value is -0.810. The van der Waals surface area contributed by atoms with Gasteiger partial charge >= 0.3 is 0 Å². The average molecular weight is 281 g/mol. The molecule has 2 heterocycles. The first-order chi connectivity index (χ1) is 9.72. The lowest BCUT2D eigenvalue weighted by Crippen LogP contribution is -2.46. The van der Waals surface area contributed by atoms with E-state index in [4.69, 9.17) is 0 Å². The maximum absolute atomic E-state index is 4.34. The van der Waals surface area contributed by atoms with Crippen molar-refractivity contribution in [3.05, 3.63) is 0 Å². The third kappa shape index (κ3) is 4.35. The number of rotatable bonds is 5. The second-order valence-electron chi connectivity index (χ2n) is 6.18. The summed E-state index contributed by atoms with van der Waals surface area (Å²) in [4.78, 5) is 9.31. The van der Waals surface area contributed by atoms with Crippen molar-refractivity contribution < 1.29 is 0 Å². The zero-order valence-corrected chi connectivity index (χ0v) is 13.4. The Morgan fingerprint density at radius 3 is 2.65 bits per heavy atom. The average Bonchev–Trinajstić information content (AvgIpc) is 3.07. The first-order valence-electron chi connectivity index (χ1n) is 8.10. The molecule has 2 rings (SSSR count). The molecular weight excluding hydrogens is 250 g/mol. The van der Waals surface area contributed by atoms with E-state index < -0.39 is 0 Å². The van der Waals surface area contributed by atoms with E-state index in [-0.39, 0.29) is 0 Å². The van der Waals surface area contributed by atoms with Gasteiger partial charge in [0.2, 0.25) is 0 Å². The first-order valence-corrected chi connectivity index (χ1v) is 8.10. The Bertz CT molecular complexity index is 317. The summed E-state index contributed by atoms with van der Waals surface area (Å²) in [5.41, 5.74) is 0. The lowest BCUT2D eigenvalue weighted by molar-refractivity contribution is 0.267. The predicted molar refractivity (Wildman–Crippen MR) is 85.2 cm³/mol. The summed E-state index contributed by atoms with van der Waals surface area (Å²) in [6, 6.07) is 0.677. The molecule has 2 unspecified atom stereocenters. The highest BCUT2D eigenvalue weighted by atomic mass is 15.2. The molecule has 5 heteroatoms. The van der Waals surface area contributed by atoms with E-state index in [0.29, 0.717) is 6.04 Å². The van der Waals surface area contributed by atoms with Gasteiger partial charge in [0, 0.05) is 32.7 Å². The highest BCUT2D eigenvalue weighted by molar-refractivity contribution is 5.79. The van der Waals surface area contributed by atoms with E-state index in [1.165, 1.54) is 38.9 Å². The summed E-state index contributed by atoms with van der Waals surface area (Å²) in [5.74, 6) is 1.72. The van der Waals surface area contributed by atoms with Gasteiger partial charge in [0.15, 0.2) is 5.96 Å². The molecule has 5 nitrogen and oxygen atoms in total. The minimum absolute atomic E-state index is 0.677. The van der Waals surface area contributed by atoms with Crippen LogP contribution in [-0.4, -0.2) is 75.2 Å². The topological polar surface area (TPSA) is 42.9 Å². The number of nitrogens with zero attached hydrogens (tertiary/aromatic N) is 3. The zero-order valence-electron chi connectivity index (χ0n) is 13.4. The minimum Gasteiger partial charge on any atom is -0.356 e. The normalized spacial score (nSPS) is 29.1. The van der Waals surface area contributed by atoms with Crippen LogP contribution in [0.1, 0.15) is 26.2 Å². The molecule has 2 atom stereocenters. The van der Waals surface area contributed by atoms with E-state index >= 15 is 0 Å². The van der Waals surface area contributed by atoms with Crippen molar-refractivity contribution in [2.45, 2.75) is 32.2 Å². The molecule has 116 valence electrons. The molecule has 2 N–H and O–H groups in total. The van der Waals surface area contributed by atoms with Crippen LogP contribution >= 0.6 is 0 Å². The van der Waals surface area contributed by atoms with Gasteiger partial charge in [-0.2, -0.15) is 0 Å². The van der Waals surface area contributed by atoms with Gasteiger partial charge < -0.3 is 15.5 Å². The highest BCUT2D eigenvalue weighted by Gasteiger charge is 2.23. The largest absolute Gasteiger partial charge is 0.356 e. The van der Waals surface area contributed by atoms with Gasteiger partial charge in [-0.3, -0.25) is 9.89 Å². The van der Waals surface area contributed by atoms with Crippen molar-refractivity contribution in [1.82, 2.24) is 20.4 Å². The summed E-state index contributed by atoms with van der Waals surface area (Å²) >= 11 is 0. The third-order valence-corrected chi connectivity index (χ3v) is 4.68. The monoisotopic (exact) mass is 281 g/mol. The highest BCUT2D eigenvalue weighted by Crippen LogP contribution is 2.15. The van der Waals surface area contributed by atoms with Crippen LogP contribution in [-0.2, 0) is 0 Å². The third-order valence-electron chi connectivity index (χ3n) is 4.68. The number of nitrogens with one attached hydrogen (secondary N) is 2. The van der Waals surface area contributed by atoms with Crippen LogP contribution in [0.25, 0.3) is 0 Å². The SMILES string of the molecule is CCN1CCCC1CNC(=NC)NCC1CCN(C)C1. The van der Waals surface area contributed by atoms with Crippen LogP contribution in [0.3, 0.4) is 0 Å². The lowest BCUT2D eigenvalue weighted by Gasteiger charge is -2.24. The van der Waals surface area contributed by atoms with Gasteiger partial charge in [0.1, 0.15) is 0 Å². The molecule has 0 aromatic heterocycles. The maximum Gasteiger partial charge on any atom is 0.191 e. The van der Waals surface area contributed by atoms with Crippen molar-refractivity contribution in [3.8, 4) is 0 Å². The quantitative estimate of drug-likeness (QED) is 0.572. The van der Waals surface area contributed by atoms with E-state index in [2.05, 4.69) is 39.4 Å². The smallest absolute Gasteiger partial charge is 0.191 e. The molecule has 0 saturated carbocycles. The van der Waals surface area contributed by atoms with Gasteiger partial charge in [-0.1, -0.05) is 6.92 Å². The van der Waals surface area contributed by atoms with Crippen LogP contribution in [0.15, 0.2) is 4.99 Å². The first kappa shape index (κ1) is 15.6. The van der Waals surface area contributed by atoms with Crippen LogP contribution in [0.2, 0.25) is 0 Å². The Labute approximate surface area is 123 Å². The van der Waals surface area contributed by atoms with Gasteiger partial charge in [-0.15, -0.1) is 0 Å². The summed E-state index contributed by atoms with van der Waals surface area (Å²) in [7, 11) is 4.06. The molecule has 0 spiro atoms. The molecule has 2 fully saturated rings. The van der Waals surface area contributed by atoms with Gasteiger partial charge in [0.25, 0.3) is 0 Å². The van der Waals surface area contributed by atoms with E-state index in [0.717, 1.165) is 31.5 Å². The molecule has 0 bridgehead atoms. The lowest BCUT2D eigenvalue weighted by atomic mass is 10.1. The van der Waals surface area contributed by atoms with E-state index in [1.807, 2.05) is 7.05 Å². The van der Waals surface area contributed by atoms with Crippen LogP contribution in [0.4, 0.5) is 0 Å². The van der Waals surface area contributed by atoms with Crippen molar-refractivity contribution in [2.75, 3.05) is 53.4 Å². The molecule has 2 aliphatic rings. The Kier molecular flexibility index (Phi) is 6.10. The Balaban J connectivity index is 1.67. The molecule has 0 radical (unpaired) electrons. The molecule has 0 aliphatic carbocycles. The van der Waals surface area contributed by atoms with Gasteiger partial charge in [-0.05, 0) is 51.9 Å². The van der Waals surface area contributed by atoms with Crippen molar-refractivity contribution in [3.63, 3.8) is 0 Å². The molecular formula is C15H31N5. The van der Waals surface area contributed by atoms with Crippen LogP contribution in [0, 0.1) is 5.92 Å². The molecule has 20 heavy (non-hydrogen) atoms. The van der Waals surface area contributed by atoms with Gasteiger partial charge in [0.05, 0.1) is 0 Å². The van der Waals surface area contributed by atoms with Crippen molar-refractivity contribution in [2.24, 2.45) is 10.9 Å². The number of likely N-dealkylation sites (tertiary alicyclic amines) is 2. The number of hydrogen-bond acceptors (Lipinski definition) is 3. The second kappa shape index (κ2) is 7.84. The predicted octanol–water partition coefficient (Wildman–Crippen LogP) is 0.587. The zero-order chi connectivity index (χ0) is 14.4. The summed E-state index contributed by atoms with van der Waals surface area (Å²) in [6.07, 6.45) is 3.94. The fourth-order valence-corrected chi connectivity index (χ4v) is 3.41. The Morgan fingerprint density at radius 2 is 2.00 bits per heavy atom. The van der Waals surface area contributed by atoms with Crippen LogP contribution < -0.4 is 10.6 Å². The molecule has 2 aliphatic heterocycles. The van der Waals surface area contributed by atoms with E-state index in [1.54, 1.807) is 0 Å². The second-order valence-corrected chi connectivity index (χ2v) is 6.18. The van der Waals surface area contributed by atoms with Crippen molar-refractivity contribution in [1.29, 1.82) is 0 Å². The fourth-order valence-electron chi connectivity index (χ4n) is 3.41. The molecule has 0 aromatic rings. The summed E-state index contributed by atoms with van der Waals surface area (Å²) < 4.78 is 0. The standard InChI is InChI=1S/C15H31N5/c1-4-20-8-5-6-14(20)11-18-15(16-2)17-10-13-7-9-19(3)12-13/h13-14H,4-12H2,1-3H3,(H2,16,17,18). The molecule has 2 saturated heterocycles. The number of aliphatic imine (C=N–C) groups is 1. The minimum atomic E-state index is 0.677. The van der Waals surface area contributed by atoms with Gasteiger partial charge in [-0.25, -0.2) is 0 Å². The maximum atomic E-state index is 4.34. The number of guanidine groups is 1. The number of hydrogen-bond donors (Lipinski definition) is 2.